The fourth-order valence-electron chi connectivity index (χ4n) is 3.27. The molecule has 2 aromatic carbocycles. The molecule has 0 fully saturated rings. The number of nitrogens with zero attached hydrogens (tertiary/aromatic N) is 4. The first-order chi connectivity index (χ1) is 14.6. The number of anilines is 1. The van der Waals surface area contributed by atoms with Crippen molar-refractivity contribution in [3.8, 4) is 11.4 Å². The Labute approximate surface area is 182 Å². The standard InChI is InChI=1S/C23H29N5OS/c1-4-28(5-2)20-13-11-19(12-14-20)22-25-26-23(27(22)3)30-17-21(29)24-16-15-18-9-7-6-8-10-18/h6-14H,4-5,15-17H2,1-3H3,(H,24,29). The van der Waals surface area contributed by atoms with Gasteiger partial charge in [-0.2, -0.15) is 0 Å². The molecule has 158 valence electrons. The van der Waals surface area contributed by atoms with E-state index in [9.17, 15) is 4.79 Å². The molecule has 0 saturated carbocycles. The smallest absolute Gasteiger partial charge is 0.230 e. The van der Waals surface area contributed by atoms with Crippen molar-refractivity contribution in [3.63, 3.8) is 0 Å². The third kappa shape index (κ3) is 5.63. The lowest BCUT2D eigenvalue weighted by Crippen LogP contribution is -2.27. The molecule has 1 aromatic heterocycles. The van der Waals surface area contributed by atoms with Crippen molar-refractivity contribution in [1.29, 1.82) is 0 Å². The summed E-state index contributed by atoms with van der Waals surface area (Å²) < 4.78 is 1.94. The molecule has 0 aliphatic carbocycles. The second kappa shape index (κ2) is 10.8. The van der Waals surface area contributed by atoms with E-state index < -0.39 is 0 Å². The summed E-state index contributed by atoms with van der Waals surface area (Å²) in [6.45, 7) is 6.90. The number of aromatic nitrogens is 3. The van der Waals surface area contributed by atoms with E-state index in [1.54, 1.807) is 0 Å². The van der Waals surface area contributed by atoms with Crippen molar-refractivity contribution in [2.45, 2.75) is 25.4 Å². The number of benzene rings is 2. The number of hydrogen-bond acceptors (Lipinski definition) is 5. The van der Waals surface area contributed by atoms with Crippen molar-refractivity contribution >= 4 is 23.4 Å². The maximum Gasteiger partial charge on any atom is 0.230 e. The quantitative estimate of drug-likeness (QED) is 0.503. The van der Waals surface area contributed by atoms with E-state index in [0.717, 1.165) is 36.1 Å². The number of nitrogens with one attached hydrogen (secondary N) is 1. The SMILES string of the molecule is CCN(CC)c1ccc(-c2nnc(SCC(=O)NCCc3ccccc3)n2C)cc1. The third-order valence-corrected chi connectivity index (χ3v) is 6.02. The maximum atomic E-state index is 12.2. The van der Waals surface area contributed by atoms with E-state index in [2.05, 4.69) is 70.7 Å². The topological polar surface area (TPSA) is 63.1 Å². The Morgan fingerprint density at radius 2 is 1.73 bits per heavy atom. The van der Waals surface area contributed by atoms with Crippen LogP contribution in [-0.2, 0) is 18.3 Å². The van der Waals surface area contributed by atoms with Gasteiger partial charge in [-0.1, -0.05) is 42.1 Å². The predicted octanol–water partition coefficient (Wildman–Crippen LogP) is 3.78. The highest BCUT2D eigenvalue weighted by atomic mass is 32.2. The van der Waals surface area contributed by atoms with Crippen LogP contribution in [0.5, 0.6) is 0 Å². The Kier molecular flexibility index (Phi) is 7.90. The van der Waals surface area contributed by atoms with Crippen LogP contribution in [-0.4, -0.2) is 46.1 Å². The first-order valence-electron chi connectivity index (χ1n) is 10.3. The number of hydrogen-bond donors (Lipinski definition) is 1. The second-order valence-corrected chi connectivity index (χ2v) is 7.90. The van der Waals surface area contributed by atoms with Gasteiger partial charge in [0, 0.05) is 37.9 Å². The molecule has 3 rings (SSSR count). The van der Waals surface area contributed by atoms with Crippen LogP contribution in [0.15, 0.2) is 59.8 Å². The zero-order valence-corrected chi connectivity index (χ0v) is 18.7. The number of amides is 1. The van der Waals surface area contributed by atoms with Crippen molar-refractivity contribution in [3.05, 3.63) is 60.2 Å². The summed E-state index contributed by atoms with van der Waals surface area (Å²) in [6.07, 6.45) is 0.828. The monoisotopic (exact) mass is 423 g/mol. The minimum Gasteiger partial charge on any atom is -0.372 e. The van der Waals surface area contributed by atoms with Crippen LogP contribution in [0.25, 0.3) is 11.4 Å². The highest BCUT2D eigenvalue weighted by Gasteiger charge is 2.13. The van der Waals surface area contributed by atoms with Crippen LogP contribution in [0.2, 0.25) is 0 Å². The van der Waals surface area contributed by atoms with Crippen molar-refractivity contribution in [2.24, 2.45) is 7.05 Å². The second-order valence-electron chi connectivity index (χ2n) is 6.96. The van der Waals surface area contributed by atoms with E-state index in [-0.39, 0.29) is 5.91 Å². The van der Waals surface area contributed by atoms with E-state index in [1.807, 2.05) is 29.8 Å². The molecule has 0 aliphatic rings. The summed E-state index contributed by atoms with van der Waals surface area (Å²) in [5.41, 5.74) is 3.43. The average molecular weight is 424 g/mol. The zero-order chi connectivity index (χ0) is 21.3. The van der Waals surface area contributed by atoms with Gasteiger partial charge in [0.25, 0.3) is 0 Å². The molecule has 30 heavy (non-hydrogen) atoms. The minimum atomic E-state index is 0.00376. The molecule has 0 saturated heterocycles. The van der Waals surface area contributed by atoms with Gasteiger partial charge in [0.05, 0.1) is 5.75 Å². The molecular weight excluding hydrogens is 394 g/mol. The van der Waals surface area contributed by atoms with E-state index in [1.165, 1.54) is 23.0 Å². The van der Waals surface area contributed by atoms with E-state index in [0.29, 0.717) is 12.3 Å². The van der Waals surface area contributed by atoms with Crippen LogP contribution in [0.4, 0.5) is 5.69 Å². The summed E-state index contributed by atoms with van der Waals surface area (Å²) in [7, 11) is 1.93. The molecule has 0 atom stereocenters. The van der Waals surface area contributed by atoms with Gasteiger partial charge in [-0.05, 0) is 50.1 Å². The van der Waals surface area contributed by atoms with Gasteiger partial charge in [-0.15, -0.1) is 10.2 Å². The Morgan fingerprint density at radius 3 is 2.40 bits per heavy atom. The molecular formula is C23H29N5OS. The molecule has 1 amide bonds. The molecule has 0 unspecified atom stereocenters. The van der Waals surface area contributed by atoms with Crippen molar-refractivity contribution in [1.82, 2.24) is 20.1 Å². The van der Waals surface area contributed by atoms with Gasteiger partial charge in [0.2, 0.25) is 5.91 Å². The lowest BCUT2D eigenvalue weighted by molar-refractivity contribution is -0.118. The minimum absolute atomic E-state index is 0.00376. The number of carbonyl (C=O) groups is 1. The van der Waals surface area contributed by atoms with E-state index >= 15 is 0 Å². The predicted molar refractivity (Wildman–Crippen MR) is 124 cm³/mol. The molecule has 7 heteroatoms. The average Bonchev–Trinajstić information content (AvgIpc) is 3.15. The summed E-state index contributed by atoms with van der Waals surface area (Å²) in [6, 6.07) is 18.5. The highest BCUT2D eigenvalue weighted by molar-refractivity contribution is 7.99. The Balaban J connectivity index is 1.53. The summed E-state index contributed by atoms with van der Waals surface area (Å²) >= 11 is 1.40. The molecule has 3 aromatic rings. The molecule has 0 bridgehead atoms. The lowest BCUT2D eigenvalue weighted by Gasteiger charge is -2.21. The summed E-state index contributed by atoms with van der Waals surface area (Å²) in [4.78, 5) is 14.5. The number of carbonyl (C=O) groups excluding carboxylic acids is 1. The molecule has 6 nitrogen and oxygen atoms in total. The maximum absolute atomic E-state index is 12.2. The van der Waals surface area contributed by atoms with Crippen LogP contribution in [0.3, 0.4) is 0 Å². The van der Waals surface area contributed by atoms with Crippen molar-refractivity contribution < 1.29 is 4.79 Å². The van der Waals surface area contributed by atoms with E-state index in [4.69, 9.17) is 0 Å². The van der Waals surface area contributed by atoms with Gasteiger partial charge >= 0.3 is 0 Å². The van der Waals surface area contributed by atoms with Gasteiger partial charge in [-0.3, -0.25) is 4.79 Å². The zero-order valence-electron chi connectivity index (χ0n) is 17.8. The molecule has 1 N–H and O–H groups in total. The van der Waals surface area contributed by atoms with Gasteiger partial charge in [-0.25, -0.2) is 0 Å². The molecule has 0 radical (unpaired) electrons. The largest absolute Gasteiger partial charge is 0.372 e. The first-order valence-corrected chi connectivity index (χ1v) is 11.3. The fourth-order valence-corrected chi connectivity index (χ4v) is 4.02. The van der Waals surface area contributed by atoms with Crippen LogP contribution >= 0.6 is 11.8 Å². The summed E-state index contributed by atoms with van der Waals surface area (Å²) in [5, 5.41) is 12.3. The lowest BCUT2D eigenvalue weighted by atomic mass is 10.1. The molecule has 1 heterocycles. The molecule has 0 aliphatic heterocycles. The number of thioether (sulfide) groups is 1. The Hall–Kier alpha value is -2.80. The Bertz CT molecular complexity index is 936. The van der Waals surface area contributed by atoms with Gasteiger partial charge in [0.15, 0.2) is 11.0 Å². The van der Waals surface area contributed by atoms with Crippen molar-refractivity contribution in [2.75, 3.05) is 30.3 Å². The van der Waals surface area contributed by atoms with Gasteiger partial charge < -0.3 is 14.8 Å². The fraction of sp³-hybridized carbons (Fsp3) is 0.348. The summed E-state index contributed by atoms with van der Waals surface area (Å²) in [5.74, 6) is 1.12. The Morgan fingerprint density at radius 1 is 1.03 bits per heavy atom. The highest BCUT2D eigenvalue weighted by Crippen LogP contribution is 2.25. The normalized spacial score (nSPS) is 10.8. The first kappa shape index (κ1) is 21.9. The van der Waals surface area contributed by atoms with Gasteiger partial charge in [0.1, 0.15) is 0 Å². The van der Waals surface area contributed by atoms with Crippen LogP contribution in [0.1, 0.15) is 19.4 Å². The molecule has 0 spiro atoms. The number of rotatable bonds is 10. The van der Waals surface area contributed by atoms with Crippen LogP contribution in [0, 0.1) is 0 Å². The van der Waals surface area contributed by atoms with Crippen LogP contribution < -0.4 is 10.2 Å². The third-order valence-electron chi connectivity index (χ3n) is 5.00.